The van der Waals surface area contributed by atoms with E-state index in [4.69, 9.17) is 10.2 Å². The van der Waals surface area contributed by atoms with Crippen LogP contribution in [-0.2, 0) is 21.3 Å². The largest absolute Gasteiger partial charge is 0.464 e. The van der Waals surface area contributed by atoms with Crippen molar-refractivity contribution in [2.45, 2.75) is 5.75 Å². The Bertz CT molecular complexity index is 563. The molecule has 2 N–H and O–H groups in total. The summed E-state index contributed by atoms with van der Waals surface area (Å²) in [6.45, 7) is 0. The lowest BCUT2D eigenvalue weighted by Crippen LogP contribution is -2.20. The molecule has 1 aromatic carbocycles. The number of carbonyl (C=O) groups is 1. The van der Waals surface area contributed by atoms with Crippen molar-refractivity contribution in [1.82, 2.24) is 0 Å². The molecule has 0 spiro atoms. The van der Waals surface area contributed by atoms with Crippen LogP contribution in [0.2, 0.25) is 0 Å². The molecule has 1 unspecified atom stereocenters. The van der Waals surface area contributed by atoms with Crippen molar-refractivity contribution in [2.24, 2.45) is 5.73 Å². The molecule has 0 bridgehead atoms. The predicted octanol–water partition coefficient (Wildman–Crippen LogP) is 1.68. The van der Waals surface area contributed by atoms with Crippen LogP contribution in [0.25, 0.3) is 11.3 Å². The number of primary amides is 1. The Kier molecular flexibility index (Phi) is 3.94. The second-order valence-corrected chi connectivity index (χ2v) is 5.29. The third kappa shape index (κ3) is 3.07. The zero-order chi connectivity index (χ0) is 13.0. The second kappa shape index (κ2) is 5.64. The van der Waals surface area contributed by atoms with E-state index in [1.165, 1.54) is 0 Å². The molecule has 0 aliphatic rings. The highest BCUT2D eigenvalue weighted by Gasteiger charge is 2.11. The van der Waals surface area contributed by atoms with Gasteiger partial charge in [-0.3, -0.25) is 9.00 Å². The van der Waals surface area contributed by atoms with Gasteiger partial charge in [-0.25, -0.2) is 0 Å². The maximum atomic E-state index is 11.7. The van der Waals surface area contributed by atoms with Gasteiger partial charge < -0.3 is 10.2 Å². The molecule has 5 heteroatoms. The molecule has 0 saturated heterocycles. The van der Waals surface area contributed by atoms with Gasteiger partial charge in [-0.1, -0.05) is 24.3 Å². The quantitative estimate of drug-likeness (QED) is 0.892. The molecule has 4 nitrogen and oxygen atoms in total. The van der Waals surface area contributed by atoms with E-state index in [1.807, 2.05) is 30.3 Å². The molecule has 0 saturated carbocycles. The summed E-state index contributed by atoms with van der Waals surface area (Å²) in [5.74, 6) is 0.345. The molecule has 1 atom stereocenters. The van der Waals surface area contributed by atoms with Crippen LogP contribution in [0.1, 0.15) is 5.56 Å². The molecule has 0 aliphatic carbocycles. The summed E-state index contributed by atoms with van der Waals surface area (Å²) in [5, 5.41) is 0. The van der Waals surface area contributed by atoms with Crippen LogP contribution in [0.4, 0.5) is 0 Å². The van der Waals surface area contributed by atoms with Crippen LogP contribution >= 0.6 is 0 Å². The Morgan fingerprint density at radius 1 is 1.22 bits per heavy atom. The van der Waals surface area contributed by atoms with Crippen LogP contribution < -0.4 is 5.73 Å². The van der Waals surface area contributed by atoms with E-state index in [1.54, 1.807) is 12.3 Å². The number of carbonyl (C=O) groups excluding carboxylic acids is 1. The SMILES string of the molecule is NC(=O)CS(=O)Cc1ccccc1-c1ccco1. The minimum absolute atomic E-state index is 0.119. The van der Waals surface area contributed by atoms with E-state index in [2.05, 4.69) is 0 Å². The molecule has 94 valence electrons. The van der Waals surface area contributed by atoms with Crippen molar-refractivity contribution in [3.63, 3.8) is 0 Å². The van der Waals surface area contributed by atoms with Crippen LogP contribution in [-0.4, -0.2) is 15.9 Å². The number of hydrogen-bond donors (Lipinski definition) is 1. The Balaban J connectivity index is 2.23. The highest BCUT2D eigenvalue weighted by atomic mass is 32.2. The summed E-state index contributed by atoms with van der Waals surface area (Å²) in [7, 11) is -1.29. The van der Waals surface area contributed by atoms with Gasteiger partial charge >= 0.3 is 0 Å². The molecule has 1 aromatic heterocycles. The number of nitrogens with two attached hydrogens (primary N) is 1. The number of hydrogen-bond acceptors (Lipinski definition) is 3. The first-order valence-electron chi connectivity index (χ1n) is 5.42. The molecule has 18 heavy (non-hydrogen) atoms. The van der Waals surface area contributed by atoms with Crippen LogP contribution in [0, 0.1) is 0 Å². The molecule has 2 rings (SSSR count). The molecule has 0 radical (unpaired) electrons. The predicted molar refractivity (Wildman–Crippen MR) is 70.1 cm³/mol. The molecule has 1 heterocycles. The van der Waals surface area contributed by atoms with E-state index in [9.17, 15) is 9.00 Å². The van der Waals surface area contributed by atoms with E-state index < -0.39 is 16.7 Å². The summed E-state index contributed by atoms with van der Waals surface area (Å²) in [6, 6.07) is 11.2. The third-order valence-corrected chi connectivity index (χ3v) is 3.66. The number of furan rings is 1. The summed E-state index contributed by atoms with van der Waals surface area (Å²) >= 11 is 0. The van der Waals surface area contributed by atoms with Gasteiger partial charge in [-0.15, -0.1) is 0 Å². The average molecular weight is 263 g/mol. The van der Waals surface area contributed by atoms with Gasteiger partial charge in [-0.05, 0) is 17.7 Å². The maximum Gasteiger partial charge on any atom is 0.230 e. The highest BCUT2D eigenvalue weighted by Crippen LogP contribution is 2.24. The molecular weight excluding hydrogens is 250 g/mol. The fraction of sp³-hybridized carbons (Fsp3) is 0.154. The lowest BCUT2D eigenvalue weighted by molar-refractivity contribution is -0.115. The second-order valence-electron chi connectivity index (χ2n) is 3.83. The number of benzene rings is 1. The smallest absolute Gasteiger partial charge is 0.230 e. The Labute approximate surface area is 107 Å². The number of amides is 1. The van der Waals surface area contributed by atoms with Crippen LogP contribution in [0.15, 0.2) is 47.1 Å². The lowest BCUT2D eigenvalue weighted by atomic mass is 10.1. The van der Waals surface area contributed by atoms with Crippen molar-refractivity contribution in [2.75, 3.05) is 5.75 Å². The van der Waals surface area contributed by atoms with Gasteiger partial charge in [0, 0.05) is 22.1 Å². The first-order chi connectivity index (χ1) is 8.66. The van der Waals surface area contributed by atoms with Crippen molar-refractivity contribution < 1.29 is 13.4 Å². The molecular formula is C13H13NO3S. The van der Waals surface area contributed by atoms with Gasteiger partial charge in [0.05, 0.1) is 6.26 Å². The standard InChI is InChI=1S/C13H13NO3S/c14-13(15)9-18(16)8-10-4-1-2-5-11(10)12-6-3-7-17-12/h1-7H,8-9H2,(H2,14,15). The summed E-state index contributed by atoms with van der Waals surface area (Å²) in [4.78, 5) is 10.7. The minimum Gasteiger partial charge on any atom is -0.464 e. The van der Waals surface area contributed by atoms with Gasteiger partial charge in [0.2, 0.25) is 5.91 Å². The Morgan fingerprint density at radius 2 is 2.00 bits per heavy atom. The van der Waals surface area contributed by atoms with Crippen molar-refractivity contribution in [3.05, 3.63) is 48.2 Å². The molecule has 0 fully saturated rings. The van der Waals surface area contributed by atoms with Gasteiger partial charge in [0.1, 0.15) is 11.5 Å². The summed E-state index contributed by atoms with van der Waals surface area (Å²) < 4.78 is 17.1. The molecule has 2 aromatic rings. The van der Waals surface area contributed by atoms with Crippen molar-refractivity contribution in [1.29, 1.82) is 0 Å². The van der Waals surface area contributed by atoms with Crippen molar-refractivity contribution >= 4 is 16.7 Å². The van der Waals surface area contributed by atoms with E-state index in [0.717, 1.165) is 16.9 Å². The van der Waals surface area contributed by atoms with E-state index in [-0.39, 0.29) is 5.75 Å². The van der Waals surface area contributed by atoms with Crippen molar-refractivity contribution in [3.8, 4) is 11.3 Å². The fourth-order valence-electron chi connectivity index (χ4n) is 1.70. The highest BCUT2D eigenvalue weighted by molar-refractivity contribution is 7.84. The van der Waals surface area contributed by atoms with Crippen LogP contribution in [0.5, 0.6) is 0 Å². The summed E-state index contributed by atoms with van der Waals surface area (Å²) in [6.07, 6.45) is 1.59. The van der Waals surface area contributed by atoms with Crippen LogP contribution in [0.3, 0.4) is 0 Å². The Hall–Kier alpha value is -1.88. The maximum absolute atomic E-state index is 11.7. The normalized spacial score (nSPS) is 12.2. The van der Waals surface area contributed by atoms with Gasteiger partial charge in [-0.2, -0.15) is 0 Å². The first-order valence-corrected chi connectivity index (χ1v) is 6.90. The first kappa shape index (κ1) is 12.6. The van der Waals surface area contributed by atoms with E-state index in [0.29, 0.717) is 5.75 Å². The summed E-state index contributed by atoms with van der Waals surface area (Å²) in [5.41, 5.74) is 6.80. The average Bonchev–Trinajstić information content (AvgIpc) is 2.81. The third-order valence-electron chi connectivity index (χ3n) is 2.42. The molecule has 1 amide bonds. The minimum atomic E-state index is -1.29. The lowest BCUT2D eigenvalue weighted by Gasteiger charge is -2.06. The van der Waals surface area contributed by atoms with Gasteiger partial charge in [0.15, 0.2) is 0 Å². The number of rotatable bonds is 5. The van der Waals surface area contributed by atoms with E-state index >= 15 is 0 Å². The zero-order valence-corrected chi connectivity index (χ0v) is 10.5. The molecule has 0 aliphatic heterocycles. The monoisotopic (exact) mass is 263 g/mol. The zero-order valence-electron chi connectivity index (χ0n) is 9.67. The fourth-order valence-corrected chi connectivity index (χ4v) is 2.72. The van der Waals surface area contributed by atoms with Gasteiger partial charge in [0.25, 0.3) is 0 Å². The topological polar surface area (TPSA) is 73.3 Å². The Morgan fingerprint density at radius 3 is 2.67 bits per heavy atom.